The van der Waals surface area contributed by atoms with Crippen LogP contribution in [-0.2, 0) is 12.6 Å². The third-order valence-corrected chi connectivity index (χ3v) is 5.93. The monoisotopic (exact) mass is 557 g/mol. The zero-order valence-corrected chi connectivity index (χ0v) is 21.1. The first kappa shape index (κ1) is 30.1. The van der Waals surface area contributed by atoms with Crippen molar-refractivity contribution in [2.45, 2.75) is 25.7 Å². The number of hydrogen-bond donors (Lipinski definition) is 2. The van der Waals surface area contributed by atoms with Crippen molar-refractivity contribution in [3.63, 3.8) is 0 Å². The molecule has 1 aromatic heterocycles. The van der Waals surface area contributed by atoms with Crippen LogP contribution in [0.3, 0.4) is 0 Å². The number of anilines is 1. The molecule has 0 bridgehead atoms. The summed E-state index contributed by atoms with van der Waals surface area (Å²) in [5, 5.41) is 0. The van der Waals surface area contributed by atoms with Crippen molar-refractivity contribution in [2.75, 3.05) is 44.2 Å². The van der Waals surface area contributed by atoms with Crippen LogP contribution in [0.1, 0.15) is 23.9 Å². The second-order valence-corrected chi connectivity index (χ2v) is 8.61. The minimum absolute atomic E-state index is 0.0159. The van der Waals surface area contributed by atoms with Crippen LogP contribution in [0.2, 0.25) is 0 Å². The number of nitrogens with zero attached hydrogens (tertiary/aromatic N) is 5. The largest absolute Gasteiger partial charge is 0.454 e. The Labute approximate surface area is 221 Å². The van der Waals surface area contributed by atoms with Gasteiger partial charge in [-0.25, -0.2) is 4.98 Å². The van der Waals surface area contributed by atoms with Gasteiger partial charge in [-0.15, -0.1) is 0 Å². The van der Waals surface area contributed by atoms with E-state index in [4.69, 9.17) is 4.74 Å². The third-order valence-electron chi connectivity index (χ3n) is 5.93. The van der Waals surface area contributed by atoms with E-state index in [0.29, 0.717) is 0 Å². The number of nitrogens with two attached hydrogens (primary N) is 2. The van der Waals surface area contributed by atoms with E-state index in [1.807, 2.05) is 24.3 Å². The molecule has 0 aliphatic carbocycles. The predicted molar refractivity (Wildman–Crippen MR) is 134 cm³/mol. The molecule has 39 heavy (non-hydrogen) atoms. The van der Waals surface area contributed by atoms with Crippen LogP contribution in [0.15, 0.2) is 48.5 Å². The number of likely N-dealkylation sites (N-methyl/N-ethyl adjacent to an activating group) is 1. The fourth-order valence-electron chi connectivity index (χ4n) is 4.02. The predicted octanol–water partition coefficient (Wildman–Crippen LogP) is 4.05. The Hall–Kier alpha value is -3.49. The first-order valence-electron chi connectivity index (χ1n) is 12.0. The van der Waals surface area contributed by atoms with Gasteiger partial charge in [0.2, 0.25) is 0 Å². The van der Waals surface area contributed by atoms with Crippen molar-refractivity contribution in [1.29, 1.82) is 0 Å². The average Bonchev–Trinajstić information content (AvgIpc) is 2.92. The lowest BCUT2D eigenvalue weighted by Gasteiger charge is -2.35. The Morgan fingerprint density at radius 1 is 0.872 bits per heavy atom. The summed E-state index contributed by atoms with van der Waals surface area (Å²) >= 11 is 0. The molecule has 8 nitrogen and oxygen atoms in total. The van der Waals surface area contributed by atoms with E-state index >= 15 is 0 Å². The summed E-state index contributed by atoms with van der Waals surface area (Å²) in [7, 11) is 0. The molecule has 0 atom stereocenters. The van der Waals surface area contributed by atoms with Crippen molar-refractivity contribution < 1.29 is 31.1 Å². The lowest BCUT2D eigenvalue weighted by molar-refractivity contribution is -0.154. The molecule has 4 N–H and O–H groups in total. The standard InChI is InChI=1S/C25H25F6N5O.H4N2/c1-2-35-9-11-36(12-10-35)20-8-3-5-17(13-20)14-21-32-22(34-23(33-21)37-16-24(26,27)28)18-6-4-7-19(15-18)25(29,30)31;1-2/h3-8,13,15H,2,9-12,14,16H2,1H3;1-2H2. The van der Waals surface area contributed by atoms with Crippen molar-refractivity contribution in [2.24, 2.45) is 11.7 Å². The van der Waals surface area contributed by atoms with Crippen LogP contribution >= 0.6 is 0 Å². The number of ether oxygens (including phenoxy) is 1. The van der Waals surface area contributed by atoms with Crippen molar-refractivity contribution in [1.82, 2.24) is 19.9 Å². The molecule has 0 amide bonds. The summed E-state index contributed by atoms with van der Waals surface area (Å²) in [5.41, 5.74) is 0.839. The van der Waals surface area contributed by atoms with E-state index < -0.39 is 30.5 Å². The van der Waals surface area contributed by atoms with Crippen LogP contribution in [-0.4, -0.2) is 65.4 Å². The number of aromatic nitrogens is 3. The highest BCUT2D eigenvalue weighted by molar-refractivity contribution is 5.57. The summed E-state index contributed by atoms with van der Waals surface area (Å²) in [6, 6.07) is 11.3. The van der Waals surface area contributed by atoms with E-state index in [1.54, 1.807) is 0 Å². The SMILES string of the molecule is CCN1CCN(c2cccc(Cc3nc(OCC(F)(F)F)nc(-c4cccc(C(F)(F)F)c4)n3)c2)CC1.NN. The van der Waals surface area contributed by atoms with E-state index in [9.17, 15) is 26.3 Å². The maximum Gasteiger partial charge on any atom is 0.422 e. The van der Waals surface area contributed by atoms with E-state index in [0.717, 1.165) is 56.1 Å². The normalized spacial score (nSPS) is 14.5. The Balaban J connectivity index is 0.00000205. The molecule has 4 rings (SSSR count). The summed E-state index contributed by atoms with van der Waals surface area (Å²) in [6.07, 6.45) is -9.12. The number of alkyl halides is 6. The Bertz CT molecular complexity index is 1210. The van der Waals surface area contributed by atoms with Gasteiger partial charge in [0.1, 0.15) is 5.82 Å². The van der Waals surface area contributed by atoms with Gasteiger partial charge >= 0.3 is 18.4 Å². The van der Waals surface area contributed by atoms with Gasteiger partial charge in [-0.3, -0.25) is 11.7 Å². The minimum atomic E-state index is -4.64. The lowest BCUT2D eigenvalue weighted by Crippen LogP contribution is -2.46. The molecule has 1 saturated heterocycles. The molecule has 0 unspecified atom stereocenters. The molecule has 14 heteroatoms. The molecular formula is C25H29F6N7O. The highest BCUT2D eigenvalue weighted by Gasteiger charge is 2.31. The van der Waals surface area contributed by atoms with E-state index in [2.05, 4.69) is 43.4 Å². The van der Waals surface area contributed by atoms with Gasteiger partial charge in [-0.05, 0) is 36.4 Å². The number of rotatable bonds is 7. The third kappa shape index (κ3) is 8.76. The Morgan fingerprint density at radius 2 is 1.56 bits per heavy atom. The van der Waals surface area contributed by atoms with Gasteiger partial charge in [0.05, 0.1) is 5.56 Å². The molecule has 1 fully saturated rings. The van der Waals surface area contributed by atoms with E-state index in [1.165, 1.54) is 12.1 Å². The maximum absolute atomic E-state index is 13.2. The second kappa shape index (κ2) is 13.0. The first-order chi connectivity index (χ1) is 18.5. The smallest absolute Gasteiger partial charge is 0.422 e. The second-order valence-electron chi connectivity index (χ2n) is 8.61. The van der Waals surface area contributed by atoms with Gasteiger partial charge in [0, 0.05) is 43.9 Å². The quantitative estimate of drug-likeness (QED) is 0.255. The molecule has 2 aromatic carbocycles. The van der Waals surface area contributed by atoms with Crippen LogP contribution in [0, 0.1) is 0 Å². The van der Waals surface area contributed by atoms with Gasteiger partial charge in [0.15, 0.2) is 12.4 Å². The molecule has 212 valence electrons. The van der Waals surface area contributed by atoms with Crippen LogP contribution < -0.4 is 21.3 Å². The average molecular weight is 558 g/mol. The molecule has 0 spiro atoms. The molecular weight excluding hydrogens is 528 g/mol. The number of benzene rings is 2. The van der Waals surface area contributed by atoms with Crippen LogP contribution in [0.4, 0.5) is 32.0 Å². The van der Waals surface area contributed by atoms with Crippen molar-refractivity contribution in [3.8, 4) is 17.4 Å². The maximum atomic E-state index is 13.2. The van der Waals surface area contributed by atoms with Crippen molar-refractivity contribution >= 4 is 5.69 Å². The van der Waals surface area contributed by atoms with Gasteiger partial charge in [-0.2, -0.15) is 36.3 Å². The topological polar surface area (TPSA) is 106 Å². The molecule has 2 heterocycles. The van der Waals surface area contributed by atoms with E-state index in [-0.39, 0.29) is 23.6 Å². The molecule has 1 aliphatic heterocycles. The summed E-state index contributed by atoms with van der Waals surface area (Å²) < 4.78 is 82.5. The van der Waals surface area contributed by atoms with Crippen LogP contribution in [0.5, 0.6) is 6.01 Å². The lowest BCUT2D eigenvalue weighted by atomic mass is 10.1. The summed E-state index contributed by atoms with van der Waals surface area (Å²) in [6.45, 7) is 5.06. The number of halogens is 6. The summed E-state index contributed by atoms with van der Waals surface area (Å²) in [4.78, 5) is 16.7. The number of piperazine rings is 1. The first-order valence-corrected chi connectivity index (χ1v) is 12.0. The Kier molecular flexibility index (Phi) is 10.1. The van der Waals surface area contributed by atoms with Crippen molar-refractivity contribution in [3.05, 3.63) is 65.5 Å². The van der Waals surface area contributed by atoms with Gasteiger partial charge in [-0.1, -0.05) is 31.2 Å². The fraction of sp³-hybridized carbons (Fsp3) is 0.400. The highest BCUT2D eigenvalue weighted by Crippen LogP contribution is 2.32. The number of hydrazine groups is 1. The minimum Gasteiger partial charge on any atom is -0.454 e. The van der Waals surface area contributed by atoms with Gasteiger partial charge < -0.3 is 14.5 Å². The number of hydrogen-bond acceptors (Lipinski definition) is 8. The Morgan fingerprint density at radius 3 is 2.21 bits per heavy atom. The zero-order valence-electron chi connectivity index (χ0n) is 21.1. The highest BCUT2D eigenvalue weighted by atomic mass is 19.4. The molecule has 3 aromatic rings. The fourth-order valence-corrected chi connectivity index (χ4v) is 4.02. The molecule has 0 saturated carbocycles. The van der Waals surface area contributed by atoms with Gasteiger partial charge in [0.25, 0.3) is 0 Å². The zero-order chi connectivity index (χ0) is 28.6. The summed E-state index contributed by atoms with van der Waals surface area (Å²) in [5.74, 6) is 7.87. The molecule has 1 aliphatic rings. The molecule has 0 radical (unpaired) electrons. The van der Waals surface area contributed by atoms with Crippen LogP contribution in [0.25, 0.3) is 11.4 Å².